The van der Waals surface area contributed by atoms with Crippen molar-refractivity contribution in [3.63, 3.8) is 0 Å². The first-order valence-corrected chi connectivity index (χ1v) is 14.9. The third-order valence-corrected chi connectivity index (χ3v) is 7.86. The molecule has 2 N–H and O–H groups in total. The van der Waals surface area contributed by atoms with E-state index in [2.05, 4.69) is 22.8 Å². The second-order valence-electron chi connectivity index (χ2n) is 10.2. The molecule has 43 heavy (non-hydrogen) atoms. The van der Waals surface area contributed by atoms with Crippen molar-refractivity contribution in [1.29, 1.82) is 0 Å². The minimum atomic E-state index is -0.355. The number of hydrogen-bond donors (Lipinski definition) is 2. The lowest BCUT2D eigenvalue weighted by molar-refractivity contribution is 0.0492. The smallest absolute Gasteiger partial charge is 0.262 e. The van der Waals surface area contributed by atoms with Gasteiger partial charge in [-0.1, -0.05) is 65.7 Å². The maximum Gasteiger partial charge on any atom is 0.262 e. The average Bonchev–Trinajstić information content (AvgIpc) is 3.20. The number of ether oxygens (including phenoxy) is 2. The number of nitrogens with zero attached hydrogens (tertiary/aromatic N) is 1. The SMILES string of the molecule is COc1cc(NC(=O)c2ccccc2Cl)ccc1C(=O)N1CCCC(OCCNCc2ccccc2)c2cc(Cl)ccc21. The molecule has 1 unspecified atom stereocenters. The van der Waals surface area contributed by atoms with Crippen LogP contribution < -0.4 is 20.3 Å². The third kappa shape index (κ3) is 7.56. The molecule has 0 bridgehead atoms. The van der Waals surface area contributed by atoms with Gasteiger partial charge in [-0.15, -0.1) is 0 Å². The monoisotopic (exact) mass is 617 g/mol. The summed E-state index contributed by atoms with van der Waals surface area (Å²) in [7, 11) is 1.50. The van der Waals surface area contributed by atoms with Gasteiger partial charge < -0.3 is 25.0 Å². The largest absolute Gasteiger partial charge is 0.496 e. The lowest BCUT2D eigenvalue weighted by Crippen LogP contribution is -2.32. The van der Waals surface area contributed by atoms with Crippen LogP contribution in [-0.2, 0) is 11.3 Å². The number of fused-ring (bicyclic) bond motifs is 1. The molecule has 1 heterocycles. The van der Waals surface area contributed by atoms with E-state index in [-0.39, 0.29) is 17.9 Å². The van der Waals surface area contributed by atoms with E-state index in [1.54, 1.807) is 53.4 Å². The highest BCUT2D eigenvalue weighted by Crippen LogP contribution is 2.38. The Bertz CT molecular complexity index is 1580. The Balaban J connectivity index is 1.30. The molecular formula is C34H33Cl2N3O4. The minimum Gasteiger partial charge on any atom is -0.496 e. The van der Waals surface area contributed by atoms with Gasteiger partial charge in [-0.2, -0.15) is 0 Å². The quantitative estimate of drug-likeness (QED) is 0.180. The van der Waals surface area contributed by atoms with Crippen LogP contribution in [0.15, 0.2) is 91.0 Å². The molecule has 0 saturated heterocycles. The average molecular weight is 619 g/mol. The molecule has 0 spiro atoms. The number of benzene rings is 4. The summed E-state index contributed by atoms with van der Waals surface area (Å²) < 4.78 is 11.9. The Labute approximate surface area is 261 Å². The number of nitrogens with one attached hydrogen (secondary N) is 2. The zero-order valence-corrected chi connectivity index (χ0v) is 25.3. The van der Waals surface area contributed by atoms with Crippen molar-refractivity contribution in [3.05, 3.63) is 123 Å². The summed E-state index contributed by atoms with van der Waals surface area (Å²) in [5.41, 5.74) is 4.07. The molecule has 0 saturated carbocycles. The number of hydrogen-bond acceptors (Lipinski definition) is 5. The highest BCUT2D eigenvalue weighted by molar-refractivity contribution is 6.34. The summed E-state index contributed by atoms with van der Waals surface area (Å²) in [6.07, 6.45) is 1.29. The number of methoxy groups -OCH3 is 1. The molecule has 4 aromatic rings. The third-order valence-electron chi connectivity index (χ3n) is 7.30. The molecule has 5 rings (SSSR count). The molecule has 1 atom stereocenters. The molecule has 0 aromatic heterocycles. The van der Waals surface area contributed by atoms with Crippen molar-refractivity contribution in [2.24, 2.45) is 0 Å². The number of rotatable bonds is 10. The summed E-state index contributed by atoms with van der Waals surface area (Å²) in [4.78, 5) is 28.5. The first kappa shape index (κ1) is 30.6. The number of amides is 2. The molecule has 0 aliphatic carbocycles. The van der Waals surface area contributed by atoms with Gasteiger partial charge in [-0.3, -0.25) is 9.59 Å². The van der Waals surface area contributed by atoms with E-state index in [0.717, 1.165) is 30.6 Å². The highest BCUT2D eigenvalue weighted by atomic mass is 35.5. The summed E-state index contributed by atoms with van der Waals surface area (Å²) >= 11 is 12.6. The maximum atomic E-state index is 14.0. The second kappa shape index (κ2) is 14.5. The Morgan fingerprint density at radius 3 is 2.51 bits per heavy atom. The van der Waals surface area contributed by atoms with Gasteiger partial charge in [0.05, 0.1) is 36.0 Å². The first-order valence-electron chi connectivity index (χ1n) is 14.2. The van der Waals surface area contributed by atoms with Gasteiger partial charge in [0.2, 0.25) is 0 Å². The molecule has 4 aromatic carbocycles. The van der Waals surface area contributed by atoms with Crippen LogP contribution in [-0.4, -0.2) is 38.6 Å². The van der Waals surface area contributed by atoms with Gasteiger partial charge in [0.15, 0.2) is 0 Å². The molecule has 0 radical (unpaired) electrons. The van der Waals surface area contributed by atoms with Gasteiger partial charge in [-0.05, 0) is 60.9 Å². The standard InChI is InChI=1S/C34H33Cl2N3O4/c1-42-32-21-25(38-33(40)26-10-5-6-11-29(26)36)14-15-27(32)34(41)39-18-7-12-31(28-20-24(35)13-16-30(28)39)43-19-17-37-22-23-8-3-2-4-9-23/h2-6,8-11,13-16,20-21,31,37H,7,12,17-19,22H2,1H3,(H,38,40). The summed E-state index contributed by atoms with van der Waals surface area (Å²) in [5.74, 6) is -0.222. The highest BCUT2D eigenvalue weighted by Gasteiger charge is 2.29. The van der Waals surface area contributed by atoms with Crippen molar-refractivity contribution in [3.8, 4) is 5.75 Å². The van der Waals surface area contributed by atoms with Crippen LogP contribution in [0.5, 0.6) is 5.75 Å². The predicted octanol–water partition coefficient (Wildman–Crippen LogP) is 7.54. The number of carbonyl (C=O) groups is 2. The van der Waals surface area contributed by atoms with Gasteiger partial charge >= 0.3 is 0 Å². The van der Waals surface area contributed by atoms with Gasteiger partial charge in [0.25, 0.3) is 11.8 Å². The molecule has 222 valence electrons. The van der Waals surface area contributed by atoms with Crippen LogP contribution >= 0.6 is 23.2 Å². The Kier molecular flexibility index (Phi) is 10.3. The topological polar surface area (TPSA) is 79.9 Å². The number of anilines is 2. The zero-order valence-electron chi connectivity index (χ0n) is 23.8. The van der Waals surface area contributed by atoms with E-state index in [1.807, 2.05) is 30.3 Å². The van der Waals surface area contributed by atoms with Crippen molar-refractivity contribution >= 4 is 46.4 Å². The van der Waals surface area contributed by atoms with Crippen molar-refractivity contribution < 1.29 is 19.1 Å². The molecule has 1 aliphatic heterocycles. The lowest BCUT2D eigenvalue weighted by atomic mass is 10.0. The van der Waals surface area contributed by atoms with E-state index >= 15 is 0 Å². The van der Waals surface area contributed by atoms with E-state index in [9.17, 15) is 9.59 Å². The molecule has 7 nitrogen and oxygen atoms in total. The van der Waals surface area contributed by atoms with Crippen LogP contribution in [0.4, 0.5) is 11.4 Å². The van der Waals surface area contributed by atoms with Crippen molar-refractivity contribution in [2.45, 2.75) is 25.5 Å². The summed E-state index contributed by atoms with van der Waals surface area (Å²) in [6.45, 7) is 2.49. The van der Waals surface area contributed by atoms with Crippen LogP contribution in [0.2, 0.25) is 10.0 Å². The molecule has 2 amide bonds. The van der Waals surface area contributed by atoms with E-state index in [1.165, 1.54) is 12.7 Å². The first-order chi connectivity index (χ1) is 20.9. The predicted molar refractivity (Wildman–Crippen MR) is 172 cm³/mol. The summed E-state index contributed by atoms with van der Waals surface area (Å²) in [6, 6.07) is 27.6. The molecule has 0 fully saturated rings. The van der Waals surface area contributed by atoms with E-state index < -0.39 is 0 Å². The van der Waals surface area contributed by atoms with Gasteiger partial charge in [0, 0.05) is 47.7 Å². The zero-order chi connectivity index (χ0) is 30.2. The molecular weight excluding hydrogens is 585 g/mol. The fourth-order valence-corrected chi connectivity index (χ4v) is 5.56. The maximum absolute atomic E-state index is 14.0. The van der Waals surface area contributed by atoms with Crippen LogP contribution in [0.1, 0.15) is 50.8 Å². The Morgan fingerprint density at radius 1 is 0.930 bits per heavy atom. The fraction of sp³-hybridized carbons (Fsp3) is 0.235. The molecule has 9 heteroatoms. The summed E-state index contributed by atoms with van der Waals surface area (Å²) in [5, 5.41) is 7.18. The molecule has 1 aliphatic rings. The van der Waals surface area contributed by atoms with Gasteiger partial charge in [-0.25, -0.2) is 0 Å². The van der Waals surface area contributed by atoms with E-state index in [0.29, 0.717) is 52.3 Å². The normalized spacial score (nSPS) is 14.5. The lowest BCUT2D eigenvalue weighted by Gasteiger charge is -2.25. The van der Waals surface area contributed by atoms with Crippen molar-refractivity contribution in [2.75, 3.05) is 37.0 Å². The minimum absolute atomic E-state index is 0.200. The second-order valence-corrected chi connectivity index (χ2v) is 11.0. The Hall–Kier alpha value is -3.88. The van der Waals surface area contributed by atoms with Crippen LogP contribution in [0, 0.1) is 0 Å². The van der Waals surface area contributed by atoms with Crippen molar-refractivity contribution in [1.82, 2.24) is 5.32 Å². The fourth-order valence-electron chi connectivity index (χ4n) is 5.16. The van der Waals surface area contributed by atoms with Crippen LogP contribution in [0.3, 0.4) is 0 Å². The van der Waals surface area contributed by atoms with Crippen LogP contribution in [0.25, 0.3) is 0 Å². The Morgan fingerprint density at radius 2 is 1.72 bits per heavy atom. The number of carbonyl (C=O) groups excluding carboxylic acids is 2. The van der Waals surface area contributed by atoms with Gasteiger partial charge in [0.1, 0.15) is 5.75 Å². The van der Waals surface area contributed by atoms with E-state index in [4.69, 9.17) is 32.7 Å². The number of halogens is 2.